The molecule has 2 aromatic heterocycles. The fourth-order valence-corrected chi connectivity index (χ4v) is 3.10. The molecule has 6 heteroatoms. The van der Waals surface area contributed by atoms with Crippen LogP contribution < -0.4 is 5.56 Å². The summed E-state index contributed by atoms with van der Waals surface area (Å²) < 4.78 is 16.2. The van der Waals surface area contributed by atoms with Gasteiger partial charge in [-0.15, -0.1) is 0 Å². The molecule has 0 aliphatic heterocycles. The Bertz CT molecular complexity index is 987. The van der Waals surface area contributed by atoms with E-state index in [9.17, 15) is 9.18 Å². The van der Waals surface area contributed by atoms with Crippen LogP contribution in [0.2, 0.25) is 0 Å². The van der Waals surface area contributed by atoms with Gasteiger partial charge in [0.25, 0.3) is 5.56 Å². The first-order valence-electron chi connectivity index (χ1n) is 8.43. The zero-order chi connectivity index (χ0) is 17.6. The SMILES string of the molecule is Cc1nc(-c2cnn([C@@H](C)c3ccc(C4CC4)cc3F)c2)cc(=O)[nH]1. The lowest BCUT2D eigenvalue weighted by Crippen LogP contribution is -2.10. The average molecular weight is 338 g/mol. The van der Waals surface area contributed by atoms with Gasteiger partial charge >= 0.3 is 0 Å². The van der Waals surface area contributed by atoms with Crippen LogP contribution in [0.4, 0.5) is 4.39 Å². The minimum Gasteiger partial charge on any atom is -0.311 e. The topological polar surface area (TPSA) is 63.6 Å². The molecule has 3 aromatic rings. The van der Waals surface area contributed by atoms with Crippen molar-refractivity contribution in [3.8, 4) is 11.3 Å². The van der Waals surface area contributed by atoms with Crippen LogP contribution in [0.1, 0.15) is 48.7 Å². The van der Waals surface area contributed by atoms with Crippen molar-refractivity contribution in [2.45, 2.75) is 38.6 Å². The molecule has 128 valence electrons. The van der Waals surface area contributed by atoms with E-state index in [1.807, 2.05) is 19.1 Å². The van der Waals surface area contributed by atoms with Gasteiger partial charge < -0.3 is 4.98 Å². The lowest BCUT2D eigenvalue weighted by atomic mass is 10.0. The Hall–Kier alpha value is -2.76. The summed E-state index contributed by atoms with van der Waals surface area (Å²) in [6.07, 6.45) is 5.74. The molecule has 1 aliphatic carbocycles. The maximum Gasteiger partial charge on any atom is 0.251 e. The van der Waals surface area contributed by atoms with Gasteiger partial charge in [-0.2, -0.15) is 5.10 Å². The standard InChI is InChI=1S/C19H19FN4O/c1-11(16-6-5-14(7-17(16)20)13-3-4-13)24-10-15(9-21-24)18-8-19(25)23-12(2)22-18/h5-11,13H,3-4H2,1-2H3,(H,22,23,25)/t11-/m0/s1. The third-order valence-corrected chi connectivity index (χ3v) is 4.68. The average Bonchev–Trinajstić information content (AvgIpc) is 3.30. The Labute approximate surface area is 144 Å². The molecule has 25 heavy (non-hydrogen) atoms. The van der Waals surface area contributed by atoms with Gasteiger partial charge in [-0.3, -0.25) is 9.48 Å². The molecule has 2 heterocycles. The van der Waals surface area contributed by atoms with Gasteiger partial charge in [-0.25, -0.2) is 9.37 Å². The Morgan fingerprint density at radius 3 is 2.80 bits per heavy atom. The van der Waals surface area contributed by atoms with Gasteiger partial charge in [-0.1, -0.05) is 12.1 Å². The van der Waals surface area contributed by atoms with Gasteiger partial charge in [0.05, 0.1) is 17.9 Å². The van der Waals surface area contributed by atoms with Crippen LogP contribution >= 0.6 is 0 Å². The summed E-state index contributed by atoms with van der Waals surface area (Å²) in [5.74, 6) is 0.879. The molecule has 0 amide bonds. The van der Waals surface area contributed by atoms with Gasteiger partial charge in [0, 0.05) is 23.4 Å². The zero-order valence-corrected chi connectivity index (χ0v) is 14.2. The molecule has 5 nitrogen and oxygen atoms in total. The quantitative estimate of drug-likeness (QED) is 0.791. The summed E-state index contributed by atoms with van der Waals surface area (Å²) in [6, 6.07) is 6.70. The summed E-state index contributed by atoms with van der Waals surface area (Å²) in [7, 11) is 0. The second kappa shape index (κ2) is 5.95. The van der Waals surface area contributed by atoms with Crippen molar-refractivity contribution in [2.24, 2.45) is 0 Å². The number of hydrogen-bond donors (Lipinski definition) is 1. The molecule has 1 atom stereocenters. The van der Waals surface area contributed by atoms with E-state index in [4.69, 9.17) is 0 Å². The van der Waals surface area contributed by atoms with Crippen molar-refractivity contribution < 1.29 is 4.39 Å². The van der Waals surface area contributed by atoms with Crippen molar-refractivity contribution in [1.82, 2.24) is 19.7 Å². The number of benzene rings is 1. The van der Waals surface area contributed by atoms with E-state index in [-0.39, 0.29) is 17.4 Å². The van der Waals surface area contributed by atoms with Crippen LogP contribution in [-0.4, -0.2) is 19.7 Å². The fraction of sp³-hybridized carbons (Fsp3) is 0.316. The molecule has 1 fully saturated rings. The Morgan fingerprint density at radius 2 is 2.12 bits per heavy atom. The molecule has 0 saturated heterocycles. The Morgan fingerprint density at radius 1 is 1.32 bits per heavy atom. The van der Waals surface area contributed by atoms with Crippen molar-refractivity contribution in [3.63, 3.8) is 0 Å². The van der Waals surface area contributed by atoms with E-state index in [2.05, 4.69) is 15.1 Å². The van der Waals surface area contributed by atoms with E-state index in [1.54, 1.807) is 30.1 Å². The number of H-pyrrole nitrogens is 1. The molecule has 1 N–H and O–H groups in total. The van der Waals surface area contributed by atoms with Crippen LogP contribution in [-0.2, 0) is 0 Å². The number of aromatic nitrogens is 4. The molecule has 0 unspecified atom stereocenters. The Kier molecular flexibility index (Phi) is 3.75. The van der Waals surface area contributed by atoms with Gasteiger partial charge in [0.15, 0.2) is 0 Å². The maximum atomic E-state index is 14.5. The largest absolute Gasteiger partial charge is 0.311 e. The van der Waals surface area contributed by atoms with Crippen LogP contribution in [0, 0.1) is 12.7 Å². The van der Waals surface area contributed by atoms with E-state index in [1.165, 1.54) is 6.07 Å². The molecule has 1 aromatic carbocycles. The summed E-state index contributed by atoms with van der Waals surface area (Å²) in [4.78, 5) is 18.6. The number of aryl methyl sites for hydroxylation is 1. The van der Waals surface area contributed by atoms with E-state index < -0.39 is 0 Å². The number of nitrogens with one attached hydrogen (secondary N) is 1. The normalized spacial score (nSPS) is 15.3. The number of aromatic amines is 1. The molecule has 1 saturated carbocycles. The van der Waals surface area contributed by atoms with Crippen molar-refractivity contribution >= 4 is 0 Å². The molecule has 0 spiro atoms. The highest BCUT2D eigenvalue weighted by Crippen LogP contribution is 2.40. The summed E-state index contributed by atoms with van der Waals surface area (Å²) in [6.45, 7) is 3.64. The third kappa shape index (κ3) is 3.12. The predicted molar refractivity (Wildman–Crippen MR) is 93.0 cm³/mol. The van der Waals surface area contributed by atoms with Crippen molar-refractivity contribution in [3.05, 3.63) is 69.8 Å². The van der Waals surface area contributed by atoms with Crippen molar-refractivity contribution in [1.29, 1.82) is 0 Å². The third-order valence-electron chi connectivity index (χ3n) is 4.68. The molecule has 4 rings (SSSR count). The Balaban J connectivity index is 1.64. The highest BCUT2D eigenvalue weighted by Gasteiger charge is 2.25. The second-order valence-electron chi connectivity index (χ2n) is 6.66. The summed E-state index contributed by atoms with van der Waals surface area (Å²) >= 11 is 0. The highest BCUT2D eigenvalue weighted by molar-refractivity contribution is 5.56. The first-order chi connectivity index (χ1) is 12.0. The minimum atomic E-state index is -0.245. The molecule has 0 bridgehead atoms. The van der Waals surface area contributed by atoms with E-state index in [0.717, 1.165) is 24.0 Å². The number of hydrogen-bond acceptors (Lipinski definition) is 3. The van der Waals surface area contributed by atoms with Crippen LogP contribution in [0.25, 0.3) is 11.3 Å². The van der Waals surface area contributed by atoms with Crippen LogP contribution in [0.5, 0.6) is 0 Å². The summed E-state index contributed by atoms with van der Waals surface area (Å²) in [5, 5.41) is 4.34. The second-order valence-corrected chi connectivity index (χ2v) is 6.66. The highest BCUT2D eigenvalue weighted by atomic mass is 19.1. The van der Waals surface area contributed by atoms with Gasteiger partial charge in [0.2, 0.25) is 0 Å². The zero-order valence-electron chi connectivity index (χ0n) is 14.2. The van der Waals surface area contributed by atoms with E-state index >= 15 is 0 Å². The van der Waals surface area contributed by atoms with Crippen molar-refractivity contribution in [2.75, 3.05) is 0 Å². The van der Waals surface area contributed by atoms with Crippen LogP contribution in [0.3, 0.4) is 0 Å². The maximum absolute atomic E-state index is 14.5. The lowest BCUT2D eigenvalue weighted by Gasteiger charge is -2.14. The van der Waals surface area contributed by atoms with E-state index in [0.29, 0.717) is 23.0 Å². The molecule has 1 aliphatic rings. The minimum absolute atomic E-state index is 0.195. The molecular formula is C19H19FN4O. The van der Waals surface area contributed by atoms with Gasteiger partial charge in [0.1, 0.15) is 11.6 Å². The first-order valence-corrected chi connectivity index (χ1v) is 8.43. The smallest absolute Gasteiger partial charge is 0.251 e. The number of nitrogens with zero attached hydrogens (tertiary/aromatic N) is 3. The fourth-order valence-electron chi connectivity index (χ4n) is 3.10. The van der Waals surface area contributed by atoms with Gasteiger partial charge in [-0.05, 0) is 44.2 Å². The predicted octanol–water partition coefficient (Wildman–Crippen LogP) is 3.57. The monoisotopic (exact) mass is 338 g/mol. The lowest BCUT2D eigenvalue weighted by molar-refractivity contribution is 0.520. The number of rotatable bonds is 4. The first kappa shape index (κ1) is 15.7. The molecular weight excluding hydrogens is 319 g/mol. The number of halogens is 1. The molecule has 0 radical (unpaired) electrons. The van der Waals surface area contributed by atoms with Crippen LogP contribution in [0.15, 0.2) is 41.5 Å². The summed E-state index contributed by atoms with van der Waals surface area (Å²) in [5.41, 5.74) is 2.78.